The topological polar surface area (TPSA) is 42.2 Å². The highest BCUT2D eigenvalue weighted by atomic mass is 16.7. The number of ether oxygens (including phenoxy) is 2. The van der Waals surface area contributed by atoms with Crippen molar-refractivity contribution in [1.29, 1.82) is 5.26 Å². The third-order valence-corrected chi connectivity index (χ3v) is 1.71. The van der Waals surface area contributed by atoms with E-state index in [4.69, 9.17) is 14.7 Å². The van der Waals surface area contributed by atoms with Crippen LogP contribution in [0.2, 0.25) is 0 Å². The molecule has 1 rings (SSSR count). The molecule has 0 aliphatic carbocycles. The van der Waals surface area contributed by atoms with Gasteiger partial charge in [-0.15, -0.1) is 0 Å². The molecule has 0 aromatic rings. The van der Waals surface area contributed by atoms with E-state index < -0.39 is 5.79 Å². The maximum absolute atomic E-state index is 8.39. The molecule has 0 aromatic heterocycles. The first-order valence-electron chi connectivity index (χ1n) is 3.79. The second kappa shape index (κ2) is 3.21. The van der Waals surface area contributed by atoms with Crippen LogP contribution in [0.3, 0.4) is 0 Å². The van der Waals surface area contributed by atoms with Crippen LogP contribution in [0.15, 0.2) is 0 Å². The summed E-state index contributed by atoms with van der Waals surface area (Å²) in [4.78, 5) is 0. The van der Waals surface area contributed by atoms with Gasteiger partial charge in [-0.1, -0.05) is 0 Å². The Kier molecular flexibility index (Phi) is 2.48. The molecule has 0 saturated carbocycles. The number of hydrogen-bond donors (Lipinski definition) is 0. The molecule has 1 aliphatic heterocycles. The molecule has 3 nitrogen and oxygen atoms in total. The SMILES string of the molecule is CC1(C)OCC(CC#N)CO1. The van der Waals surface area contributed by atoms with Crippen LogP contribution in [0.5, 0.6) is 0 Å². The van der Waals surface area contributed by atoms with Crippen molar-refractivity contribution in [3.63, 3.8) is 0 Å². The molecule has 1 aliphatic rings. The summed E-state index contributed by atoms with van der Waals surface area (Å²) in [6, 6.07) is 2.10. The molecule has 1 saturated heterocycles. The molecular formula is C8H13NO2. The zero-order chi connectivity index (χ0) is 8.32. The lowest BCUT2D eigenvalue weighted by molar-refractivity contribution is -0.261. The van der Waals surface area contributed by atoms with E-state index in [2.05, 4.69) is 6.07 Å². The largest absolute Gasteiger partial charge is 0.350 e. The molecule has 11 heavy (non-hydrogen) atoms. The molecular weight excluding hydrogens is 142 g/mol. The van der Waals surface area contributed by atoms with Crippen LogP contribution < -0.4 is 0 Å². The van der Waals surface area contributed by atoms with Gasteiger partial charge in [-0.05, 0) is 13.8 Å². The van der Waals surface area contributed by atoms with Crippen LogP contribution in [0.25, 0.3) is 0 Å². The Balaban J connectivity index is 2.32. The van der Waals surface area contributed by atoms with Gasteiger partial charge in [0.1, 0.15) is 0 Å². The minimum Gasteiger partial charge on any atom is -0.350 e. The van der Waals surface area contributed by atoms with Crippen molar-refractivity contribution >= 4 is 0 Å². The molecule has 0 atom stereocenters. The Hall–Kier alpha value is -0.590. The highest BCUT2D eigenvalue weighted by molar-refractivity contribution is 4.78. The first-order valence-corrected chi connectivity index (χ1v) is 3.79. The number of hydrogen-bond acceptors (Lipinski definition) is 3. The summed E-state index contributed by atoms with van der Waals surface area (Å²) in [5.74, 6) is -0.195. The van der Waals surface area contributed by atoms with E-state index in [0.29, 0.717) is 19.6 Å². The van der Waals surface area contributed by atoms with E-state index in [9.17, 15) is 0 Å². The van der Waals surface area contributed by atoms with E-state index in [-0.39, 0.29) is 5.92 Å². The molecule has 1 heterocycles. The summed E-state index contributed by atoms with van der Waals surface area (Å²) >= 11 is 0. The maximum Gasteiger partial charge on any atom is 0.162 e. The zero-order valence-electron chi connectivity index (χ0n) is 6.96. The van der Waals surface area contributed by atoms with E-state index in [1.54, 1.807) is 0 Å². The van der Waals surface area contributed by atoms with Crippen molar-refractivity contribution in [2.75, 3.05) is 13.2 Å². The van der Waals surface area contributed by atoms with Crippen LogP contribution in [0.1, 0.15) is 20.3 Å². The van der Waals surface area contributed by atoms with Crippen molar-refractivity contribution in [2.45, 2.75) is 26.1 Å². The molecule has 1 fully saturated rings. The van der Waals surface area contributed by atoms with Crippen LogP contribution in [-0.4, -0.2) is 19.0 Å². The number of rotatable bonds is 1. The quantitative estimate of drug-likeness (QED) is 0.573. The van der Waals surface area contributed by atoms with Gasteiger partial charge < -0.3 is 9.47 Å². The highest BCUT2D eigenvalue weighted by Gasteiger charge is 2.27. The van der Waals surface area contributed by atoms with Crippen molar-refractivity contribution in [3.05, 3.63) is 0 Å². The van der Waals surface area contributed by atoms with Gasteiger partial charge in [-0.2, -0.15) is 5.26 Å². The average molecular weight is 155 g/mol. The van der Waals surface area contributed by atoms with Crippen molar-refractivity contribution < 1.29 is 9.47 Å². The molecule has 3 heteroatoms. The Labute approximate surface area is 66.9 Å². The fourth-order valence-electron chi connectivity index (χ4n) is 0.974. The van der Waals surface area contributed by atoms with Crippen molar-refractivity contribution in [3.8, 4) is 6.07 Å². The van der Waals surface area contributed by atoms with Crippen LogP contribution in [0, 0.1) is 17.2 Å². The number of nitriles is 1. The molecule has 0 spiro atoms. The van der Waals surface area contributed by atoms with Gasteiger partial charge in [0.25, 0.3) is 0 Å². The summed E-state index contributed by atoms with van der Waals surface area (Å²) in [6.45, 7) is 5.05. The lowest BCUT2D eigenvalue weighted by Crippen LogP contribution is -2.39. The molecule has 0 bridgehead atoms. The van der Waals surface area contributed by atoms with E-state index in [0.717, 1.165) is 0 Å². The molecule has 0 unspecified atom stereocenters. The fourth-order valence-corrected chi connectivity index (χ4v) is 0.974. The Morgan fingerprint density at radius 2 is 2.00 bits per heavy atom. The fraction of sp³-hybridized carbons (Fsp3) is 0.875. The van der Waals surface area contributed by atoms with E-state index >= 15 is 0 Å². The van der Waals surface area contributed by atoms with Crippen LogP contribution in [-0.2, 0) is 9.47 Å². The minimum atomic E-state index is -0.452. The first-order chi connectivity index (χ1) is 5.14. The molecule has 62 valence electrons. The van der Waals surface area contributed by atoms with Crippen molar-refractivity contribution in [1.82, 2.24) is 0 Å². The molecule has 0 aromatic carbocycles. The van der Waals surface area contributed by atoms with Gasteiger partial charge in [0.2, 0.25) is 0 Å². The summed E-state index contributed by atoms with van der Waals surface area (Å²) in [5.41, 5.74) is 0. The summed E-state index contributed by atoms with van der Waals surface area (Å²) in [7, 11) is 0. The standard InChI is InChI=1S/C8H13NO2/c1-8(2)10-5-7(3-4-9)6-11-8/h7H,3,5-6H2,1-2H3. The Morgan fingerprint density at radius 1 is 1.45 bits per heavy atom. The van der Waals surface area contributed by atoms with Gasteiger partial charge in [0, 0.05) is 12.3 Å². The predicted octanol–water partition coefficient (Wildman–Crippen LogP) is 1.30. The Bertz CT molecular complexity index is 161. The summed E-state index contributed by atoms with van der Waals surface area (Å²) in [5, 5.41) is 8.39. The van der Waals surface area contributed by atoms with Gasteiger partial charge >= 0.3 is 0 Å². The summed E-state index contributed by atoms with van der Waals surface area (Å²) < 4.78 is 10.7. The predicted molar refractivity (Wildman–Crippen MR) is 39.7 cm³/mol. The van der Waals surface area contributed by atoms with E-state index in [1.807, 2.05) is 13.8 Å². The molecule has 0 radical (unpaired) electrons. The second-order valence-electron chi connectivity index (χ2n) is 3.25. The summed E-state index contributed by atoms with van der Waals surface area (Å²) in [6.07, 6.45) is 0.524. The van der Waals surface area contributed by atoms with Crippen LogP contribution in [0.4, 0.5) is 0 Å². The van der Waals surface area contributed by atoms with Gasteiger partial charge in [0.15, 0.2) is 5.79 Å². The average Bonchev–Trinajstić information content (AvgIpc) is 1.94. The normalized spacial score (nSPS) is 24.5. The third-order valence-electron chi connectivity index (χ3n) is 1.71. The number of nitrogens with zero attached hydrogens (tertiary/aromatic N) is 1. The molecule has 0 amide bonds. The zero-order valence-corrected chi connectivity index (χ0v) is 6.96. The third kappa shape index (κ3) is 2.49. The Morgan fingerprint density at radius 3 is 2.45 bits per heavy atom. The minimum absolute atomic E-state index is 0.257. The van der Waals surface area contributed by atoms with Gasteiger partial charge in [-0.25, -0.2) is 0 Å². The highest BCUT2D eigenvalue weighted by Crippen LogP contribution is 2.21. The first kappa shape index (κ1) is 8.51. The second-order valence-corrected chi connectivity index (χ2v) is 3.25. The van der Waals surface area contributed by atoms with Gasteiger partial charge in [-0.3, -0.25) is 0 Å². The lowest BCUT2D eigenvalue weighted by Gasteiger charge is -2.34. The van der Waals surface area contributed by atoms with Gasteiger partial charge in [0.05, 0.1) is 19.3 Å². The molecule has 0 N–H and O–H groups in total. The smallest absolute Gasteiger partial charge is 0.162 e. The van der Waals surface area contributed by atoms with Crippen LogP contribution >= 0.6 is 0 Å². The maximum atomic E-state index is 8.39. The van der Waals surface area contributed by atoms with E-state index in [1.165, 1.54) is 0 Å². The van der Waals surface area contributed by atoms with Crippen molar-refractivity contribution in [2.24, 2.45) is 5.92 Å². The lowest BCUT2D eigenvalue weighted by atomic mass is 10.1. The monoisotopic (exact) mass is 155 g/mol.